The van der Waals surface area contributed by atoms with Gasteiger partial charge in [0.05, 0.1) is 25.4 Å². The predicted molar refractivity (Wildman–Crippen MR) is 301 cm³/mol. The third kappa shape index (κ3) is 55.2. The van der Waals surface area contributed by atoms with E-state index >= 15 is 0 Å². The van der Waals surface area contributed by atoms with E-state index in [0.29, 0.717) is 25.9 Å². The number of esters is 1. The average Bonchev–Trinajstić information content (AvgIpc) is 3.35. The molecule has 0 aliphatic carbocycles. The largest absolute Gasteiger partial charge is 0.466 e. The number of aliphatic hydroxyl groups excluding tert-OH is 2. The van der Waals surface area contributed by atoms with Gasteiger partial charge in [0.25, 0.3) is 0 Å². The van der Waals surface area contributed by atoms with Gasteiger partial charge in [-0.1, -0.05) is 275 Å². The van der Waals surface area contributed by atoms with Gasteiger partial charge >= 0.3 is 5.97 Å². The fourth-order valence-corrected chi connectivity index (χ4v) is 9.42. The van der Waals surface area contributed by atoms with Gasteiger partial charge in [-0.2, -0.15) is 0 Å². The average molecular weight is 971 g/mol. The number of rotatable bonds is 57. The molecule has 0 aliphatic rings. The monoisotopic (exact) mass is 970 g/mol. The molecule has 1 amide bonds. The van der Waals surface area contributed by atoms with E-state index in [1.165, 1.54) is 244 Å². The summed E-state index contributed by atoms with van der Waals surface area (Å²) in [7, 11) is 0. The minimum Gasteiger partial charge on any atom is -0.466 e. The van der Waals surface area contributed by atoms with Crippen LogP contribution in [0.5, 0.6) is 0 Å². The molecule has 6 heteroatoms. The second kappa shape index (κ2) is 58.6. The summed E-state index contributed by atoms with van der Waals surface area (Å²) < 4.78 is 5.47. The van der Waals surface area contributed by atoms with E-state index < -0.39 is 12.1 Å². The van der Waals surface area contributed by atoms with Crippen LogP contribution in [0.4, 0.5) is 0 Å². The number of hydrogen-bond acceptors (Lipinski definition) is 5. The molecule has 0 spiro atoms. The Morgan fingerprint density at radius 1 is 0.406 bits per heavy atom. The number of unbranched alkanes of at least 4 members (excludes halogenated alkanes) is 40. The van der Waals surface area contributed by atoms with Gasteiger partial charge in [0.15, 0.2) is 0 Å². The van der Waals surface area contributed by atoms with Crippen molar-refractivity contribution in [1.82, 2.24) is 5.32 Å². The predicted octanol–water partition coefficient (Wildman–Crippen LogP) is 19.2. The van der Waals surface area contributed by atoms with Crippen LogP contribution >= 0.6 is 0 Å². The molecular formula is C63H119NO5. The molecule has 0 heterocycles. The lowest BCUT2D eigenvalue weighted by molar-refractivity contribution is -0.143. The standard InChI is InChI=1S/C63H119NO5/c1-3-5-7-9-11-13-15-17-19-28-31-35-39-43-47-51-55-61(66)60(59-65)64-62(67)56-52-48-44-40-36-32-29-26-24-22-20-21-23-25-27-30-34-38-42-46-50-54-58-69-63(68)57-53-49-45-41-37-33-18-16-14-12-10-8-6-4-2/h10,12,16,18,22,24,60-61,65-66H,3-9,11,13-15,17,19-21,23,25-59H2,1-2H3,(H,64,67)/b12-10-,18-16-,24-22-. The van der Waals surface area contributed by atoms with Crippen molar-refractivity contribution in [3.63, 3.8) is 0 Å². The fourth-order valence-electron chi connectivity index (χ4n) is 9.42. The Morgan fingerprint density at radius 2 is 0.739 bits per heavy atom. The summed E-state index contributed by atoms with van der Waals surface area (Å²) in [6.45, 7) is 4.91. The van der Waals surface area contributed by atoms with E-state index in [4.69, 9.17) is 4.74 Å². The van der Waals surface area contributed by atoms with E-state index in [1.807, 2.05) is 0 Å². The molecule has 2 unspecified atom stereocenters. The van der Waals surface area contributed by atoms with Gasteiger partial charge in [-0.15, -0.1) is 0 Å². The molecule has 0 aliphatic heterocycles. The maximum Gasteiger partial charge on any atom is 0.305 e. The molecule has 6 nitrogen and oxygen atoms in total. The van der Waals surface area contributed by atoms with Crippen molar-refractivity contribution in [1.29, 1.82) is 0 Å². The molecular weight excluding hydrogens is 851 g/mol. The van der Waals surface area contributed by atoms with Crippen LogP contribution < -0.4 is 5.32 Å². The van der Waals surface area contributed by atoms with E-state index in [2.05, 4.69) is 55.6 Å². The molecule has 0 saturated carbocycles. The summed E-state index contributed by atoms with van der Waals surface area (Å²) in [4.78, 5) is 24.5. The van der Waals surface area contributed by atoms with E-state index in [1.54, 1.807) is 0 Å². The van der Waals surface area contributed by atoms with Crippen molar-refractivity contribution in [3.8, 4) is 0 Å². The van der Waals surface area contributed by atoms with Crippen LogP contribution in [0.1, 0.15) is 328 Å². The molecule has 0 bridgehead atoms. The van der Waals surface area contributed by atoms with Crippen molar-refractivity contribution in [2.75, 3.05) is 13.2 Å². The number of aliphatic hydroxyl groups is 2. The molecule has 69 heavy (non-hydrogen) atoms. The van der Waals surface area contributed by atoms with Crippen LogP contribution in [0.3, 0.4) is 0 Å². The normalized spacial score (nSPS) is 12.8. The molecule has 0 rings (SSSR count). The lowest BCUT2D eigenvalue weighted by atomic mass is 10.0. The van der Waals surface area contributed by atoms with Gasteiger partial charge in [-0.25, -0.2) is 0 Å². The van der Waals surface area contributed by atoms with Crippen LogP contribution in [-0.2, 0) is 14.3 Å². The van der Waals surface area contributed by atoms with Crippen molar-refractivity contribution >= 4 is 11.9 Å². The molecule has 0 aromatic rings. The van der Waals surface area contributed by atoms with Crippen LogP contribution in [0.25, 0.3) is 0 Å². The first-order valence-corrected chi connectivity index (χ1v) is 30.7. The van der Waals surface area contributed by atoms with Crippen molar-refractivity contribution in [2.24, 2.45) is 0 Å². The quantitative estimate of drug-likeness (QED) is 0.0321. The maximum absolute atomic E-state index is 12.5. The Bertz CT molecular complexity index is 1120. The van der Waals surface area contributed by atoms with Gasteiger partial charge in [0.1, 0.15) is 0 Å². The van der Waals surface area contributed by atoms with Crippen LogP contribution in [0.15, 0.2) is 36.5 Å². The van der Waals surface area contributed by atoms with E-state index in [-0.39, 0.29) is 18.5 Å². The second-order valence-electron chi connectivity index (χ2n) is 21.0. The van der Waals surface area contributed by atoms with Crippen LogP contribution in [-0.4, -0.2) is 47.4 Å². The lowest BCUT2D eigenvalue weighted by Crippen LogP contribution is -2.45. The summed E-state index contributed by atoms with van der Waals surface area (Å²) in [5.74, 6) is -0.0452. The van der Waals surface area contributed by atoms with E-state index in [9.17, 15) is 19.8 Å². The first kappa shape index (κ1) is 67.1. The number of nitrogens with one attached hydrogen (secondary N) is 1. The third-order valence-electron chi connectivity index (χ3n) is 14.2. The molecule has 0 fully saturated rings. The Labute approximate surface area is 430 Å². The summed E-state index contributed by atoms with van der Waals surface area (Å²) in [5, 5.41) is 23.3. The van der Waals surface area contributed by atoms with Crippen LogP contribution in [0.2, 0.25) is 0 Å². The highest BCUT2D eigenvalue weighted by Crippen LogP contribution is 2.17. The molecule has 0 radical (unpaired) electrons. The third-order valence-corrected chi connectivity index (χ3v) is 14.2. The van der Waals surface area contributed by atoms with Crippen molar-refractivity contribution in [3.05, 3.63) is 36.5 Å². The fraction of sp³-hybridized carbons (Fsp3) is 0.873. The van der Waals surface area contributed by atoms with Crippen molar-refractivity contribution in [2.45, 2.75) is 341 Å². The van der Waals surface area contributed by atoms with Gasteiger partial charge < -0.3 is 20.3 Å². The first-order valence-electron chi connectivity index (χ1n) is 30.7. The number of carbonyl (C=O) groups excluding carboxylic acids is 2. The Morgan fingerprint density at radius 3 is 1.16 bits per heavy atom. The summed E-state index contributed by atoms with van der Waals surface area (Å²) in [6.07, 6.45) is 72.9. The lowest BCUT2D eigenvalue weighted by Gasteiger charge is -2.22. The highest BCUT2D eigenvalue weighted by molar-refractivity contribution is 5.76. The minimum atomic E-state index is -0.669. The zero-order valence-corrected chi connectivity index (χ0v) is 46.3. The van der Waals surface area contributed by atoms with Gasteiger partial charge in [0, 0.05) is 12.8 Å². The molecule has 3 N–H and O–H groups in total. The minimum absolute atomic E-state index is 0.00464. The highest BCUT2D eigenvalue weighted by Gasteiger charge is 2.20. The summed E-state index contributed by atoms with van der Waals surface area (Å²) >= 11 is 0. The molecule has 0 saturated heterocycles. The summed E-state index contributed by atoms with van der Waals surface area (Å²) in [6, 6.07) is -0.547. The first-order chi connectivity index (χ1) is 34.0. The van der Waals surface area contributed by atoms with Crippen LogP contribution in [0, 0.1) is 0 Å². The SMILES string of the molecule is CCCC/C=C\C/C=C\CCCCCCCC(=O)OCCCCCCCCCCCCC/C=C\CCCCCCCCCC(=O)NC(CO)C(O)CCCCCCCCCCCCCCCCCC. The second-order valence-corrected chi connectivity index (χ2v) is 21.0. The molecule has 2 atom stereocenters. The number of amides is 1. The number of ether oxygens (including phenoxy) is 1. The smallest absolute Gasteiger partial charge is 0.305 e. The van der Waals surface area contributed by atoms with Crippen molar-refractivity contribution < 1.29 is 24.5 Å². The topological polar surface area (TPSA) is 95.9 Å². The number of carbonyl (C=O) groups is 2. The number of allylic oxidation sites excluding steroid dienone is 6. The Balaban J connectivity index is 3.42. The van der Waals surface area contributed by atoms with E-state index in [0.717, 1.165) is 51.4 Å². The zero-order valence-electron chi connectivity index (χ0n) is 46.3. The van der Waals surface area contributed by atoms with Gasteiger partial charge in [-0.05, 0) is 77.0 Å². The number of hydrogen-bond donors (Lipinski definition) is 3. The van der Waals surface area contributed by atoms with Gasteiger partial charge in [-0.3, -0.25) is 9.59 Å². The Kier molecular flexibility index (Phi) is 57.0. The molecule has 406 valence electrons. The summed E-state index contributed by atoms with van der Waals surface area (Å²) in [5.41, 5.74) is 0. The zero-order chi connectivity index (χ0) is 50.0. The van der Waals surface area contributed by atoms with Gasteiger partial charge in [0.2, 0.25) is 5.91 Å². The molecule has 0 aromatic carbocycles. The molecule has 0 aromatic heterocycles. The Hall–Kier alpha value is -1.92. The highest BCUT2D eigenvalue weighted by atomic mass is 16.5. The maximum atomic E-state index is 12.5.